The van der Waals surface area contributed by atoms with Crippen molar-refractivity contribution in [3.8, 4) is 0 Å². The van der Waals surface area contributed by atoms with Gasteiger partial charge in [-0.3, -0.25) is 0 Å². The van der Waals surface area contributed by atoms with Gasteiger partial charge in [0.15, 0.2) is 0 Å². The van der Waals surface area contributed by atoms with Crippen molar-refractivity contribution in [2.75, 3.05) is 0 Å². The van der Waals surface area contributed by atoms with Crippen molar-refractivity contribution in [3.63, 3.8) is 0 Å². The first kappa shape index (κ1) is 12.0. The van der Waals surface area contributed by atoms with E-state index in [1.807, 2.05) is 0 Å². The number of rotatable bonds is 6. The second-order valence-electron chi connectivity index (χ2n) is 5.23. The van der Waals surface area contributed by atoms with Crippen molar-refractivity contribution in [1.29, 1.82) is 0 Å². The summed E-state index contributed by atoms with van der Waals surface area (Å²) < 4.78 is 0. The third-order valence-electron chi connectivity index (χ3n) is 3.88. The predicted octanol–water partition coefficient (Wildman–Crippen LogP) is 3.90. The van der Waals surface area contributed by atoms with Gasteiger partial charge in [0.25, 0.3) is 0 Å². The van der Waals surface area contributed by atoms with Gasteiger partial charge in [0.1, 0.15) is 0 Å². The zero-order chi connectivity index (χ0) is 10.4. The fourth-order valence-electron chi connectivity index (χ4n) is 2.63. The largest absolute Gasteiger partial charge is 0.393 e. The van der Waals surface area contributed by atoms with Crippen LogP contribution in [0.25, 0.3) is 0 Å². The van der Waals surface area contributed by atoms with Crippen LogP contribution in [0.15, 0.2) is 0 Å². The Bertz CT molecular complexity index is 147. The number of aliphatic hydroxyl groups is 1. The molecule has 0 bridgehead atoms. The first-order valence-electron chi connectivity index (χ1n) is 6.37. The maximum atomic E-state index is 10.1. The molecule has 0 saturated heterocycles. The highest BCUT2D eigenvalue weighted by atomic mass is 16.3. The molecule has 0 spiro atoms. The third kappa shape index (κ3) is 3.27. The summed E-state index contributed by atoms with van der Waals surface area (Å²) in [6.45, 7) is 4.50. The van der Waals surface area contributed by atoms with E-state index in [4.69, 9.17) is 0 Å². The van der Waals surface area contributed by atoms with Gasteiger partial charge in [-0.15, -0.1) is 0 Å². The Labute approximate surface area is 88.9 Å². The molecule has 0 heterocycles. The van der Waals surface area contributed by atoms with Crippen LogP contribution in [-0.2, 0) is 0 Å². The lowest BCUT2D eigenvalue weighted by Gasteiger charge is -2.30. The lowest BCUT2D eigenvalue weighted by molar-refractivity contribution is 0.0331. The van der Waals surface area contributed by atoms with E-state index in [9.17, 15) is 5.11 Å². The molecule has 1 nitrogen and oxygen atoms in total. The summed E-state index contributed by atoms with van der Waals surface area (Å²) >= 11 is 0. The molecule has 1 atom stereocenters. The minimum atomic E-state index is -0.0399. The lowest BCUT2D eigenvalue weighted by atomic mass is 9.80. The fraction of sp³-hybridized carbons (Fsp3) is 1.00. The van der Waals surface area contributed by atoms with E-state index in [0.717, 1.165) is 6.42 Å². The standard InChI is InChI=1S/C13H26O/c1-3-4-5-6-9-12(14)13(2)10-7-8-11-13/h12,14H,3-11H2,1-2H3. The number of aliphatic hydroxyl groups excluding tert-OH is 1. The number of unbranched alkanes of at least 4 members (excludes halogenated alkanes) is 3. The molecule has 1 aliphatic carbocycles. The Balaban J connectivity index is 2.16. The number of hydrogen-bond acceptors (Lipinski definition) is 1. The topological polar surface area (TPSA) is 20.2 Å². The summed E-state index contributed by atoms with van der Waals surface area (Å²) in [7, 11) is 0. The average Bonchev–Trinajstić information content (AvgIpc) is 2.61. The van der Waals surface area contributed by atoms with E-state index in [1.165, 1.54) is 51.4 Å². The molecule has 1 aliphatic rings. The third-order valence-corrected chi connectivity index (χ3v) is 3.88. The second kappa shape index (κ2) is 5.75. The van der Waals surface area contributed by atoms with Crippen molar-refractivity contribution in [3.05, 3.63) is 0 Å². The molecule has 0 aliphatic heterocycles. The summed E-state index contributed by atoms with van der Waals surface area (Å²) in [6.07, 6.45) is 11.2. The fourth-order valence-corrected chi connectivity index (χ4v) is 2.63. The lowest BCUT2D eigenvalue weighted by Crippen LogP contribution is -2.29. The van der Waals surface area contributed by atoms with Crippen molar-refractivity contribution in [1.82, 2.24) is 0 Å². The molecule has 14 heavy (non-hydrogen) atoms. The Morgan fingerprint density at radius 3 is 2.36 bits per heavy atom. The molecule has 0 aromatic carbocycles. The Kier molecular flexibility index (Phi) is 4.94. The molecule has 1 saturated carbocycles. The highest BCUT2D eigenvalue weighted by molar-refractivity contribution is 4.86. The van der Waals surface area contributed by atoms with Gasteiger partial charge >= 0.3 is 0 Å². The summed E-state index contributed by atoms with van der Waals surface area (Å²) in [5, 5.41) is 10.1. The molecule has 0 amide bonds. The summed E-state index contributed by atoms with van der Waals surface area (Å²) in [5.74, 6) is 0. The van der Waals surface area contributed by atoms with Gasteiger partial charge in [-0.05, 0) is 24.7 Å². The smallest absolute Gasteiger partial charge is 0.0593 e. The van der Waals surface area contributed by atoms with E-state index < -0.39 is 0 Å². The molecule has 1 N–H and O–H groups in total. The first-order chi connectivity index (χ1) is 6.69. The molecule has 1 heteroatoms. The quantitative estimate of drug-likeness (QED) is 0.642. The van der Waals surface area contributed by atoms with Crippen LogP contribution in [0.1, 0.15) is 71.6 Å². The normalized spacial score (nSPS) is 22.5. The van der Waals surface area contributed by atoms with Gasteiger partial charge < -0.3 is 5.11 Å². The van der Waals surface area contributed by atoms with Crippen LogP contribution in [0.2, 0.25) is 0 Å². The molecule has 0 aromatic rings. The monoisotopic (exact) mass is 198 g/mol. The predicted molar refractivity (Wildman–Crippen MR) is 61.3 cm³/mol. The summed E-state index contributed by atoms with van der Waals surface area (Å²) in [4.78, 5) is 0. The molecule has 0 aromatic heterocycles. The van der Waals surface area contributed by atoms with Crippen LogP contribution >= 0.6 is 0 Å². The molecule has 1 fully saturated rings. The summed E-state index contributed by atoms with van der Waals surface area (Å²) in [5.41, 5.74) is 0.256. The highest BCUT2D eigenvalue weighted by Gasteiger charge is 2.35. The highest BCUT2D eigenvalue weighted by Crippen LogP contribution is 2.41. The van der Waals surface area contributed by atoms with E-state index in [1.54, 1.807) is 0 Å². The van der Waals surface area contributed by atoms with E-state index in [-0.39, 0.29) is 11.5 Å². The molecule has 0 radical (unpaired) electrons. The molecular formula is C13H26O. The molecule has 1 rings (SSSR count). The van der Waals surface area contributed by atoms with Gasteiger partial charge in [-0.2, -0.15) is 0 Å². The van der Waals surface area contributed by atoms with Gasteiger partial charge in [-0.1, -0.05) is 52.4 Å². The molecule has 84 valence electrons. The van der Waals surface area contributed by atoms with Gasteiger partial charge in [0.2, 0.25) is 0 Å². The van der Waals surface area contributed by atoms with Crippen molar-refractivity contribution in [2.24, 2.45) is 5.41 Å². The van der Waals surface area contributed by atoms with Gasteiger partial charge in [0.05, 0.1) is 6.10 Å². The Hall–Kier alpha value is -0.0400. The second-order valence-corrected chi connectivity index (χ2v) is 5.23. The SMILES string of the molecule is CCCCCCC(O)C1(C)CCCC1. The van der Waals surface area contributed by atoms with Crippen LogP contribution < -0.4 is 0 Å². The average molecular weight is 198 g/mol. The van der Waals surface area contributed by atoms with Crippen LogP contribution in [0.4, 0.5) is 0 Å². The Morgan fingerprint density at radius 2 is 1.79 bits per heavy atom. The van der Waals surface area contributed by atoms with E-state index in [2.05, 4.69) is 13.8 Å². The zero-order valence-corrected chi connectivity index (χ0v) is 9.89. The van der Waals surface area contributed by atoms with Crippen LogP contribution in [0.5, 0.6) is 0 Å². The zero-order valence-electron chi connectivity index (χ0n) is 9.89. The number of hydrogen-bond donors (Lipinski definition) is 1. The van der Waals surface area contributed by atoms with Gasteiger partial charge in [0, 0.05) is 0 Å². The van der Waals surface area contributed by atoms with Crippen LogP contribution in [0.3, 0.4) is 0 Å². The van der Waals surface area contributed by atoms with Crippen LogP contribution in [-0.4, -0.2) is 11.2 Å². The van der Waals surface area contributed by atoms with Crippen LogP contribution in [0, 0.1) is 5.41 Å². The van der Waals surface area contributed by atoms with E-state index >= 15 is 0 Å². The van der Waals surface area contributed by atoms with E-state index in [0.29, 0.717) is 0 Å². The molecule has 1 unspecified atom stereocenters. The maximum absolute atomic E-state index is 10.1. The van der Waals surface area contributed by atoms with Gasteiger partial charge in [-0.25, -0.2) is 0 Å². The molecular weight excluding hydrogens is 172 g/mol. The summed E-state index contributed by atoms with van der Waals surface area (Å²) in [6, 6.07) is 0. The first-order valence-corrected chi connectivity index (χ1v) is 6.37. The minimum absolute atomic E-state index is 0.0399. The Morgan fingerprint density at radius 1 is 1.14 bits per heavy atom. The van der Waals surface area contributed by atoms with Crippen molar-refractivity contribution < 1.29 is 5.11 Å². The minimum Gasteiger partial charge on any atom is -0.393 e. The maximum Gasteiger partial charge on any atom is 0.0593 e. The van der Waals surface area contributed by atoms with Crippen molar-refractivity contribution in [2.45, 2.75) is 77.7 Å². The van der Waals surface area contributed by atoms with Crippen molar-refractivity contribution >= 4 is 0 Å².